The molecule has 3 aromatic heterocycles. The second kappa shape index (κ2) is 8.07. The lowest BCUT2D eigenvalue weighted by Gasteiger charge is -2.04. The zero-order valence-electron chi connectivity index (χ0n) is 16.5. The van der Waals surface area contributed by atoms with Gasteiger partial charge in [0, 0.05) is 11.3 Å². The predicted octanol–water partition coefficient (Wildman–Crippen LogP) is 3.18. The van der Waals surface area contributed by atoms with E-state index in [2.05, 4.69) is 30.8 Å². The van der Waals surface area contributed by atoms with Crippen LogP contribution in [0.5, 0.6) is 0 Å². The SMILES string of the molecule is Cc1ccc(-n2cc(C(=O)NCc3nnc(-c4cccc(F)c4C)s3)nn2)c(C)n1. The van der Waals surface area contributed by atoms with Gasteiger partial charge in [-0.1, -0.05) is 28.7 Å². The maximum Gasteiger partial charge on any atom is 0.273 e. The summed E-state index contributed by atoms with van der Waals surface area (Å²) in [5, 5.41) is 20.1. The third-order valence-corrected chi connectivity index (χ3v) is 5.49. The molecule has 0 spiro atoms. The van der Waals surface area contributed by atoms with Crippen LogP contribution in [0.1, 0.15) is 32.4 Å². The highest BCUT2D eigenvalue weighted by Gasteiger charge is 2.15. The van der Waals surface area contributed by atoms with E-state index in [1.165, 1.54) is 22.1 Å². The van der Waals surface area contributed by atoms with Crippen LogP contribution in [0.2, 0.25) is 0 Å². The van der Waals surface area contributed by atoms with Crippen molar-refractivity contribution in [3.8, 4) is 16.3 Å². The summed E-state index contributed by atoms with van der Waals surface area (Å²) < 4.78 is 15.3. The Kier molecular flexibility index (Phi) is 5.32. The number of nitrogens with one attached hydrogen (secondary N) is 1. The smallest absolute Gasteiger partial charge is 0.273 e. The van der Waals surface area contributed by atoms with Gasteiger partial charge in [0.15, 0.2) is 5.69 Å². The number of carbonyl (C=O) groups is 1. The van der Waals surface area contributed by atoms with Crippen molar-refractivity contribution < 1.29 is 9.18 Å². The monoisotopic (exact) mass is 423 g/mol. The number of hydrogen-bond acceptors (Lipinski definition) is 7. The number of aromatic nitrogens is 6. The van der Waals surface area contributed by atoms with Crippen molar-refractivity contribution in [3.63, 3.8) is 0 Å². The Morgan fingerprint density at radius 2 is 1.97 bits per heavy atom. The molecule has 1 amide bonds. The minimum atomic E-state index is -0.377. The maximum absolute atomic E-state index is 13.8. The van der Waals surface area contributed by atoms with Gasteiger partial charge in [0.1, 0.15) is 15.8 Å². The summed E-state index contributed by atoms with van der Waals surface area (Å²) in [5.74, 6) is -0.669. The Morgan fingerprint density at radius 3 is 2.77 bits per heavy atom. The lowest BCUT2D eigenvalue weighted by atomic mass is 10.1. The third-order valence-electron chi connectivity index (χ3n) is 4.54. The molecule has 10 heteroatoms. The standard InChI is InChI=1S/C20H18FN7OS/c1-11-7-8-17(13(3)23-11)28-10-16(24-27-28)19(29)22-9-18-25-26-20(30-18)14-5-4-6-15(21)12(14)2/h4-8,10H,9H2,1-3H3,(H,22,29). The van der Waals surface area contributed by atoms with Crippen LogP contribution < -0.4 is 5.32 Å². The molecule has 8 nitrogen and oxygen atoms in total. The zero-order chi connectivity index (χ0) is 21.3. The van der Waals surface area contributed by atoms with Crippen LogP contribution in [0.3, 0.4) is 0 Å². The molecule has 0 saturated carbocycles. The number of hydrogen-bond donors (Lipinski definition) is 1. The molecule has 0 unspecified atom stereocenters. The average molecular weight is 423 g/mol. The van der Waals surface area contributed by atoms with E-state index in [1.54, 1.807) is 25.3 Å². The van der Waals surface area contributed by atoms with Gasteiger partial charge in [0.25, 0.3) is 5.91 Å². The minimum absolute atomic E-state index is 0.181. The highest BCUT2D eigenvalue weighted by Crippen LogP contribution is 2.27. The number of benzene rings is 1. The Balaban J connectivity index is 1.44. The molecule has 0 atom stereocenters. The van der Waals surface area contributed by atoms with Gasteiger partial charge in [0.2, 0.25) is 0 Å². The molecule has 1 aromatic carbocycles. The Morgan fingerprint density at radius 1 is 1.13 bits per heavy atom. The number of nitrogens with zero attached hydrogens (tertiary/aromatic N) is 6. The van der Waals surface area contributed by atoms with Gasteiger partial charge in [0.05, 0.1) is 24.1 Å². The van der Waals surface area contributed by atoms with Crippen molar-refractivity contribution in [3.05, 3.63) is 70.0 Å². The van der Waals surface area contributed by atoms with Gasteiger partial charge in [-0.05, 0) is 44.5 Å². The molecule has 0 aliphatic rings. The van der Waals surface area contributed by atoms with Crippen molar-refractivity contribution in [1.29, 1.82) is 0 Å². The first kappa shape index (κ1) is 19.8. The van der Waals surface area contributed by atoms with Crippen molar-refractivity contribution >= 4 is 17.2 Å². The van der Waals surface area contributed by atoms with E-state index in [-0.39, 0.29) is 24.0 Å². The molecule has 1 N–H and O–H groups in total. The van der Waals surface area contributed by atoms with Crippen molar-refractivity contribution in [2.75, 3.05) is 0 Å². The first-order valence-corrected chi connectivity index (χ1v) is 9.97. The molecular formula is C20H18FN7OS. The van der Waals surface area contributed by atoms with E-state index in [4.69, 9.17) is 0 Å². The van der Waals surface area contributed by atoms with Gasteiger partial charge in [-0.15, -0.1) is 15.3 Å². The van der Waals surface area contributed by atoms with Crippen LogP contribution in [-0.4, -0.2) is 36.1 Å². The molecule has 3 heterocycles. The van der Waals surface area contributed by atoms with Gasteiger partial charge < -0.3 is 5.32 Å². The van der Waals surface area contributed by atoms with Crippen molar-refractivity contribution in [2.45, 2.75) is 27.3 Å². The van der Waals surface area contributed by atoms with E-state index in [0.717, 1.165) is 17.1 Å². The molecular weight excluding hydrogens is 405 g/mol. The van der Waals surface area contributed by atoms with Crippen LogP contribution in [-0.2, 0) is 6.54 Å². The quantitative estimate of drug-likeness (QED) is 0.529. The molecule has 30 heavy (non-hydrogen) atoms. The van der Waals surface area contributed by atoms with Gasteiger partial charge in [-0.3, -0.25) is 9.78 Å². The van der Waals surface area contributed by atoms with Crippen LogP contribution in [0.25, 0.3) is 16.3 Å². The lowest BCUT2D eigenvalue weighted by molar-refractivity contribution is 0.0945. The summed E-state index contributed by atoms with van der Waals surface area (Å²) in [6.45, 7) is 5.66. The summed E-state index contributed by atoms with van der Waals surface area (Å²) >= 11 is 1.30. The van der Waals surface area contributed by atoms with Crippen LogP contribution in [0.15, 0.2) is 36.5 Å². The zero-order valence-corrected chi connectivity index (χ0v) is 17.4. The van der Waals surface area contributed by atoms with E-state index in [9.17, 15) is 9.18 Å². The highest BCUT2D eigenvalue weighted by atomic mass is 32.1. The van der Waals surface area contributed by atoms with Crippen molar-refractivity contribution in [1.82, 2.24) is 35.5 Å². The summed E-state index contributed by atoms with van der Waals surface area (Å²) in [5.41, 5.74) is 3.84. The molecule has 0 bridgehead atoms. The molecule has 4 rings (SSSR count). The van der Waals surface area contributed by atoms with Crippen LogP contribution >= 0.6 is 11.3 Å². The first-order valence-electron chi connectivity index (χ1n) is 9.15. The number of carbonyl (C=O) groups excluding carboxylic acids is 1. The third kappa shape index (κ3) is 3.94. The van der Waals surface area contributed by atoms with E-state index >= 15 is 0 Å². The number of pyridine rings is 1. The minimum Gasteiger partial charge on any atom is -0.344 e. The summed E-state index contributed by atoms with van der Waals surface area (Å²) in [7, 11) is 0. The maximum atomic E-state index is 13.8. The molecule has 4 aromatic rings. The second-order valence-electron chi connectivity index (χ2n) is 6.70. The lowest BCUT2D eigenvalue weighted by Crippen LogP contribution is -2.23. The second-order valence-corrected chi connectivity index (χ2v) is 7.76. The summed E-state index contributed by atoms with van der Waals surface area (Å²) in [6.07, 6.45) is 1.55. The topological polar surface area (TPSA) is 98.5 Å². The molecule has 0 saturated heterocycles. The van der Waals surface area contributed by atoms with E-state index in [1.807, 2.05) is 26.0 Å². The number of aryl methyl sites for hydroxylation is 2. The largest absolute Gasteiger partial charge is 0.344 e. The number of amides is 1. The molecule has 0 aliphatic carbocycles. The Hall–Kier alpha value is -3.53. The van der Waals surface area contributed by atoms with Crippen LogP contribution in [0, 0.1) is 26.6 Å². The van der Waals surface area contributed by atoms with E-state index in [0.29, 0.717) is 21.1 Å². The predicted molar refractivity (Wildman–Crippen MR) is 110 cm³/mol. The van der Waals surface area contributed by atoms with E-state index < -0.39 is 0 Å². The fraction of sp³-hybridized carbons (Fsp3) is 0.200. The number of halogens is 1. The highest BCUT2D eigenvalue weighted by molar-refractivity contribution is 7.14. The molecule has 152 valence electrons. The first-order chi connectivity index (χ1) is 14.4. The Bertz CT molecular complexity index is 1230. The van der Waals surface area contributed by atoms with Crippen molar-refractivity contribution in [2.24, 2.45) is 0 Å². The summed E-state index contributed by atoms with van der Waals surface area (Å²) in [4.78, 5) is 16.8. The fourth-order valence-electron chi connectivity index (χ4n) is 2.93. The normalized spacial score (nSPS) is 10.9. The van der Waals surface area contributed by atoms with Gasteiger partial charge in [-0.2, -0.15) is 0 Å². The van der Waals surface area contributed by atoms with Crippen LogP contribution in [0.4, 0.5) is 4.39 Å². The molecule has 0 fully saturated rings. The summed E-state index contributed by atoms with van der Waals surface area (Å²) in [6, 6.07) is 8.58. The molecule has 0 radical (unpaired) electrons. The fourth-order valence-corrected chi connectivity index (χ4v) is 3.79. The average Bonchev–Trinajstić information content (AvgIpc) is 3.38. The Labute approximate surface area is 175 Å². The number of rotatable bonds is 5. The molecule has 0 aliphatic heterocycles. The van der Waals surface area contributed by atoms with Gasteiger partial charge in [-0.25, -0.2) is 9.07 Å². The van der Waals surface area contributed by atoms with Gasteiger partial charge >= 0.3 is 0 Å².